The smallest absolute Gasteiger partial charge is 0.407 e. The number of nitrogens with one attached hydrogen (secondary N) is 2. The molecule has 0 saturated heterocycles. The number of alkyl carbamates (subject to hydrolysis) is 1. The van der Waals surface area contributed by atoms with Gasteiger partial charge in [0.2, 0.25) is 0 Å². The van der Waals surface area contributed by atoms with Crippen molar-refractivity contribution in [1.82, 2.24) is 20.4 Å². The van der Waals surface area contributed by atoms with E-state index in [9.17, 15) is 9.59 Å². The van der Waals surface area contributed by atoms with Gasteiger partial charge in [-0.15, -0.1) is 0 Å². The van der Waals surface area contributed by atoms with Crippen LogP contribution in [0.4, 0.5) is 4.79 Å². The minimum absolute atomic E-state index is 0.109. The van der Waals surface area contributed by atoms with Crippen LogP contribution in [0, 0.1) is 5.92 Å². The average molecular weight is 324 g/mol. The molecule has 7 heteroatoms. The summed E-state index contributed by atoms with van der Waals surface area (Å²) in [4.78, 5) is 24.2. The molecular weight excluding hydrogens is 296 g/mol. The van der Waals surface area contributed by atoms with E-state index >= 15 is 0 Å². The van der Waals surface area contributed by atoms with Crippen LogP contribution in [0.5, 0.6) is 0 Å². The van der Waals surface area contributed by atoms with Gasteiger partial charge in [-0.1, -0.05) is 13.8 Å². The summed E-state index contributed by atoms with van der Waals surface area (Å²) in [6.45, 7) is 11.5. The van der Waals surface area contributed by atoms with Crippen molar-refractivity contribution in [2.24, 2.45) is 13.0 Å². The van der Waals surface area contributed by atoms with E-state index in [1.54, 1.807) is 38.7 Å². The van der Waals surface area contributed by atoms with E-state index in [0.717, 1.165) is 0 Å². The number of carbonyl (C=O) groups excluding carboxylic acids is 2. The van der Waals surface area contributed by atoms with E-state index in [0.29, 0.717) is 5.56 Å². The molecule has 23 heavy (non-hydrogen) atoms. The maximum Gasteiger partial charge on any atom is 0.407 e. The Morgan fingerprint density at radius 2 is 1.91 bits per heavy atom. The maximum absolute atomic E-state index is 12.3. The first-order valence-corrected chi connectivity index (χ1v) is 7.71. The Morgan fingerprint density at radius 1 is 1.30 bits per heavy atom. The van der Waals surface area contributed by atoms with E-state index in [2.05, 4.69) is 15.7 Å². The van der Waals surface area contributed by atoms with Crippen LogP contribution < -0.4 is 10.6 Å². The lowest BCUT2D eigenvalue weighted by atomic mass is 9.88. The zero-order valence-electron chi connectivity index (χ0n) is 15.1. The molecule has 1 aromatic rings. The van der Waals surface area contributed by atoms with Crippen LogP contribution in [0.15, 0.2) is 12.4 Å². The maximum atomic E-state index is 12.3. The molecule has 0 bridgehead atoms. The van der Waals surface area contributed by atoms with E-state index in [-0.39, 0.29) is 18.4 Å². The fraction of sp³-hybridized carbons (Fsp3) is 0.688. The molecule has 0 fully saturated rings. The predicted octanol–water partition coefficient (Wildman–Crippen LogP) is 2.09. The van der Waals surface area contributed by atoms with Gasteiger partial charge in [0, 0.05) is 19.8 Å². The van der Waals surface area contributed by atoms with Crippen molar-refractivity contribution in [2.45, 2.75) is 52.7 Å². The SMILES string of the molecule is CC(C)[C@](C)(CNC(=O)OC(C)(C)C)NC(=O)c1cnn(C)c1. The molecule has 0 spiro atoms. The highest BCUT2D eigenvalue weighted by Gasteiger charge is 2.32. The fourth-order valence-corrected chi connectivity index (χ4v) is 1.83. The second-order valence-electron chi connectivity index (χ2n) is 7.28. The first kappa shape index (κ1) is 19.0. The number of hydrogen-bond acceptors (Lipinski definition) is 4. The summed E-state index contributed by atoms with van der Waals surface area (Å²) in [5, 5.41) is 9.70. The van der Waals surface area contributed by atoms with Crippen LogP contribution in [0.1, 0.15) is 51.9 Å². The van der Waals surface area contributed by atoms with Crippen molar-refractivity contribution in [2.75, 3.05) is 6.54 Å². The summed E-state index contributed by atoms with van der Waals surface area (Å²) in [5.41, 5.74) is -0.683. The van der Waals surface area contributed by atoms with Crippen molar-refractivity contribution >= 4 is 12.0 Å². The van der Waals surface area contributed by atoms with Crippen LogP contribution in [-0.4, -0.2) is 39.5 Å². The van der Waals surface area contributed by atoms with Gasteiger partial charge < -0.3 is 15.4 Å². The molecule has 0 aliphatic heterocycles. The van der Waals surface area contributed by atoms with Crippen LogP contribution in [-0.2, 0) is 11.8 Å². The van der Waals surface area contributed by atoms with Crippen molar-refractivity contribution in [3.8, 4) is 0 Å². The summed E-state index contributed by atoms with van der Waals surface area (Å²) >= 11 is 0. The number of hydrogen-bond donors (Lipinski definition) is 2. The topological polar surface area (TPSA) is 85.2 Å². The first-order valence-electron chi connectivity index (χ1n) is 7.71. The monoisotopic (exact) mass is 324 g/mol. The number of ether oxygens (including phenoxy) is 1. The van der Waals surface area contributed by atoms with Gasteiger partial charge in [-0.25, -0.2) is 4.79 Å². The van der Waals surface area contributed by atoms with Gasteiger partial charge in [0.15, 0.2) is 0 Å². The lowest BCUT2D eigenvalue weighted by Gasteiger charge is -2.35. The quantitative estimate of drug-likeness (QED) is 0.868. The van der Waals surface area contributed by atoms with Gasteiger partial charge in [-0.05, 0) is 33.6 Å². The van der Waals surface area contributed by atoms with Gasteiger partial charge in [0.05, 0.1) is 17.3 Å². The Hall–Kier alpha value is -2.05. The standard InChI is InChI=1S/C16H28N4O3/c1-11(2)16(6,10-17-14(22)23-15(3,4)5)19-13(21)12-8-18-20(7)9-12/h8-9,11H,10H2,1-7H3,(H,17,22)(H,19,21)/t16-/m0/s1. The van der Waals surface area contributed by atoms with Crippen LogP contribution in [0.25, 0.3) is 0 Å². The molecule has 7 nitrogen and oxygen atoms in total. The highest BCUT2D eigenvalue weighted by Crippen LogP contribution is 2.17. The zero-order valence-corrected chi connectivity index (χ0v) is 15.1. The van der Waals surface area contributed by atoms with Crippen LogP contribution in [0.3, 0.4) is 0 Å². The molecule has 1 aromatic heterocycles. The average Bonchev–Trinajstić information content (AvgIpc) is 2.81. The molecular formula is C16H28N4O3. The molecule has 1 heterocycles. The summed E-state index contributed by atoms with van der Waals surface area (Å²) in [7, 11) is 1.75. The Bertz CT molecular complexity index is 560. The normalized spacial score (nSPS) is 14.3. The Morgan fingerprint density at radius 3 is 2.35 bits per heavy atom. The number of rotatable bonds is 5. The Balaban J connectivity index is 2.71. The van der Waals surface area contributed by atoms with Crippen LogP contribution in [0.2, 0.25) is 0 Å². The number of carbonyl (C=O) groups is 2. The van der Waals surface area contributed by atoms with Crippen LogP contribution >= 0.6 is 0 Å². The zero-order chi connectivity index (χ0) is 17.8. The van der Waals surface area contributed by atoms with Gasteiger partial charge in [0.1, 0.15) is 5.60 Å². The molecule has 1 atom stereocenters. The highest BCUT2D eigenvalue weighted by molar-refractivity contribution is 5.94. The third kappa shape index (κ3) is 5.92. The lowest BCUT2D eigenvalue weighted by Crippen LogP contribution is -2.57. The molecule has 2 N–H and O–H groups in total. The number of aromatic nitrogens is 2. The molecule has 0 saturated carbocycles. The van der Waals surface area contributed by atoms with Gasteiger partial charge in [-0.3, -0.25) is 9.48 Å². The minimum atomic E-state index is -0.607. The second kappa shape index (κ2) is 7.02. The van der Waals surface area contributed by atoms with Gasteiger partial charge in [0.25, 0.3) is 5.91 Å². The predicted molar refractivity (Wildman–Crippen MR) is 88.2 cm³/mol. The highest BCUT2D eigenvalue weighted by atomic mass is 16.6. The van der Waals surface area contributed by atoms with E-state index in [4.69, 9.17) is 4.74 Å². The number of nitrogens with zero attached hydrogens (tertiary/aromatic N) is 2. The summed E-state index contributed by atoms with van der Waals surface area (Å²) in [6, 6.07) is 0. The van der Waals surface area contributed by atoms with Gasteiger partial charge in [-0.2, -0.15) is 5.10 Å². The fourth-order valence-electron chi connectivity index (χ4n) is 1.83. The number of aryl methyl sites for hydroxylation is 1. The largest absolute Gasteiger partial charge is 0.444 e. The summed E-state index contributed by atoms with van der Waals surface area (Å²) < 4.78 is 6.80. The molecule has 0 aliphatic rings. The third-order valence-electron chi connectivity index (χ3n) is 3.64. The molecule has 0 aliphatic carbocycles. The second-order valence-corrected chi connectivity index (χ2v) is 7.28. The summed E-state index contributed by atoms with van der Waals surface area (Å²) in [5.74, 6) is -0.113. The van der Waals surface area contributed by atoms with E-state index in [1.807, 2.05) is 20.8 Å². The minimum Gasteiger partial charge on any atom is -0.444 e. The van der Waals surface area contributed by atoms with Gasteiger partial charge >= 0.3 is 6.09 Å². The number of amides is 2. The first-order chi connectivity index (χ1) is 10.4. The molecule has 0 radical (unpaired) electrons. The molecule has 2 amide bonds. The van der Waals surface area contributed by atoms with E-state index < -0.39 is 17.2 Å². The molecule has 0 unspecified atom stereocenters. The molecule has 1 rings (SSSR count). The van der Waals surface area contributed by atoms with Crippen molar-refractivity contribution in [1.29, 1.82) is 0 Å². The summed E-state index contributed by atoms with van der Waals surface area (Å²) in [6.07, 6.45) is 2.66. The Labute approximate surface area is 137 Å². The molecule has 130 valence electrons. The van der Waals surface area contributed by atoms with Crippen molar-refractivity contribution in [3.05, 3.63) is 18.0 Å². The third-order valence-corrected chi connectivity index (χ3v) is 3.64. The van der Waals surface area contributed by atoms with Crippen molar-refractivity contribution < 1.29 is 14.3 Å². The lowest BCUT2D eigenvalue weighted by molar-refractivity contribution is 0.0497. The Kier molecular flexibility index (Phi) is 5.80. The molecule has 0 aromatic carbocycles. The van der Waals surface area contributed by atoms with Crippen molar-refractivity contribution in [3.63, 3.8) is 0 Å². The van der Waals surface area contributed by atoms with E-state index in [1.165, 1.54) is 6.20 Å².